The zero-order valence-electron chi connectivity index (χ0n) is 15.0. The molecule has 1 heterocycles. The van der Waals surface area contributed by atoms with Gasteiger partial charge in [0.2, 0.25) is 0 Å². The van der Waals surface area contributed by atoms with Gasteiger partial charge in [0, 0.05) is 17.0 Å². The van der Waals surface area contributed by atoms with Crippen molar-refractivity contribution in [1.29, 1.82) is 10.7 Å². The van der Waals surface area contributed by atoms with E-state index in [-0.39, 0.29) is 28.1 Å². The van der Waals surface area contributed by atoms with Crippen LogP contribution < -0.4 is 11.2 Å². The van der Waals surface area contributed by atoms with Gasteiger partial charge in [0.05, 0.1) is 27.8 Å². The van der Waals surface area contributed by atoms with Crippen LogP contribution in [0.25, 0.3) is 27.6 Å². The van der Waals surface area contributed by atoms with Crippen molar-refractivity contribution in [1.82, 2.24) is 9.78 Å². The third-order valence-corrected chi connectivity index (χ3v) is 4.66. The standard InChI is InChI=1S/C21H14N6O2/c22-11-16-15(13-6-2-1-3-7-13)10-14-12-25-26(21(24)19(14)20(16)23)17-8-4-5-9-18(17)27(28)29/h1-10,12,24H,23H2. The van der Waals surface area contributed by atoms with Crippen LogP contribution in [0.2, 0.25) is 0 Å². The first-order valence-electron chi connectivity index (χ1n) is 8.61. The molecule has 140 valence electrons. The van der Waals surface area contributed by atoms with Gasteiger partial charge in [-0.1, -0.05) is 42.5 Å². The summed E-state index contributed by atoms with van der Waals surface area (Å²) in [5.41, 5.74) is 7.98. The maximum absolute atomic E-state index is 11.4. The first-order chi connectivity index (χ1) is 14.0. The number of para-hydroxylation sites is 2. The van der Waals surface area contributed by atoms with Crippen molar-refractivity contribution in [3.63, 3.8) is 0 Å². The Balaban J connectivity index is 2.05. The Hall–Kier alpha value is -4.51. The monoisotopic (exact) mass is 382 g/mol. The van der Waals surface area contributed by atoms with Gasteiger partial charge in [-0.25, -0.2) is 4.68 Å². The zero-order chi connectivity index (χ0) is 20.5. The van der Waals surface area contributed by atoms with Crippen LogP contribution >= 0.6 is 0 Å². The molecule has 29 heavy (non-hydrogen) atoms. The molecule has 0 aliphatic heterocycles. The Bertz CT molecular complexity index is 1370. The highest BCUT2D eigenvalue weighted by molar-refractivity contribution is 5.99. The molecule has 4 aromatic rings. The number of nitrogens with one attached hydrogen (secondary N) is 1. The summed E-state index contributed by atoms with van der Waals surface area (Å²) >= 11 is 0. The fourth-order valence-corrected chi connectivity index (χ4v) is 3.32. The molecule has 3 aromatic carbocycles. The van der Waals surface area contributed by atoms with E-state index in [1.54, 1.807) is 18.2 Å². The SMILES string of the molecule is N#Cc1c(-c2ccccc2)cc2cnn(-c3ccccc3[N+](=O)[O-])c(=N)c2c1N. The summed E-state index contributed by atoms with van der Waals surface area (Å²) in [5, 5.41) is 34.8. The van der Waals surface area contributed by atoms with Crippen molar-refractivity contribution in [2.45, 2.75) is 0 Å². The Morgan fingerprint density at radius 3 is 2.52 bits per heavy atom. The van der Waals surface area contributed by atoms with E-state index in [0.29, 0.717) is 16.3 Å². The van der Waals surface area contributed by atoms with Gasteiger partial charge in [-0.15, -0.1) is 0 Å². The highest BCUT2D eigenvalue weighted by Crippen LogP contribution is 2.32. The molecule has 0 unspecified atom stereocenters. The Morgan fingerprint density at radius 1 is 1.14 bits per heavy atom. The van der Waals surface area contributed by atoms with Gasteiger partial charge >= 0.3 is 0 Å². The summed E-state index contributed by atoms with van der Waals surface area (Å²) in [7, 11) is 0. The highest BCUT2D eigenvalue weighted by Gasteiger charge is 2.19. The summed E-state index contributed by atoms with van der Waals surface area (Å²) in [5.74, 6) is 0. The Kier molecular flexibility index (Phi) is 4.26. The van der Waals surface area contributed by atoms with Crippen LogP contribution in [0.1, 0.15) is 5.56 Å². The summed E-state index contributed by atoms with van der Waals surface area (Å²) in [6, 6.07) is 19.2. The number of fused-ring (bicyclic) bond motifs is 1. The molecule has 8 heteroatoms. The number of nitrogen functional groups attached to an aromatic ring is 1. The van der Waals surface area contributed by atoms with E-state index in [0.717, 1.165) is 10.2 Å². The lowest BCUT2D eigenvalue weighted by atomic mass is 9.95. The Morgan fingerprint density at radius 2 is 1.83 bits per heavy atom. The minimum Gasteiger partial charge on any atom is -0.397 e. The van der Waals surface area contributed by atoms with Crippen LogP contribution in [-0.4, -0.2) is 14.7 Å². The molecule has 3 N–H and O–H groups in total. The molecule has 0 aliphatic rings. The highest BCUT2D eigenvalue weighted by atomic mass is 16.6. The maximum atomic E-state index is 11.4. The van der Waals surface area contributed by atoms with Gasteiger partial charge < -0.3 is 5.73 Å². The quantitative estimate of drug-likeness (QED) is 0.317. The molecule has 0 atom stereocenters. The minimum absolute atomic E-state index is 0.134. The zero-order valence-corrected chi connectivity index (χ0v) is 15.0. The fourth-order valence-electron chi connectivity index (χ4n) is 3.32. The molecule has 0 spiro atoms. The van der Waals surface area contributed by atoms with Crippen molar-refractivity contribution in [3.05, 3.63) is 88.0 Å². The third-order valence-electron chi connectivity index (χ3n) is 4.66. The summed E-state index contributed by atoms with van der Waals surface area (Å²) in [4.78, 5) is 10.8. The maximum Gasteiger partial charge on any atom is 0.294 e. The van der Waals surface area contributed by atoms with Crippen LogP contribution in [0.4, 0.5) is 11.4 Å². The lowest BCUT2D eigenvalue weighted by Crippen LogP contribution is -2.23. The van der Waals surface area contributed by atoms with Gasteiger partial charge in [0.1, 0.15) is 11.8 Å². The van der Waals surface area contributed by atoms with Gasteiger partial charge in [0.15, 0.2) is 5.49 Å². The van der Waals surface area contributed by atoms with Gasteiger partial charge in [-0.05, 0) is 17.7 Å². The van der Waals surface area contributed by atoms with Crippen LogP contribution in [0.5, 0.6) is 0 Å². The predicted molar refractivity (Wildman–Crippen MR) is 108 cm³/mol. The lowest BCUT2D eigenvalue weighted by molar-refractivity contribution is -0.384. The van der Waals surface area contributed by atoms with Crippen molar-refractivity contribution in [2.24, 2.45) is 0 Å². The molecule has 0 amide bonds. The van der Waals surface area contributed by atoms with Crippen LogP contribution in [0, 0.1) is 26.9 Å². The van der Waals surface area contributed by atoms with Crippen molar-refractivity contribution < 1.29 is 4.92 Å². The molecule has 0 saturated carbocycles. The molecule has 0 radical (unpaired) electrons. The third kappa shape index (κ3) is 2.87. The van der Waals surface area contributed by atoms with E-state index >= 15 is 0 Å². The number of nitrogens with two attached hydrogens (primary N) is 1. The van der Waals surface area contributed by atoms with Crippen LogP contribution in [0.3, 0.4) is 0 Å². The second-order valence-electron chi connectivity index (χ2n) is 6.31. The number of rotatable bonds is 3. The van der Waals surface area contributed by atoms with Crippen molar-refractivity contribution in [2.75, 3.05) is 5.73 Å². The molecule has 0 aliphatic carbocycles. The predicted octanol–water partition coefficient (Wildman–Crippen LogP) is 3.53. The molecule has 0 fully saturated rings. The number of anilines is 1. The second kappa shape index (κ2) is 6.90. The van der Waals surface area contributed by atoms with E-state index in [4.69, 9.17) is 11.1 Å². The van der Waals surface area contributed by atoms with Gasteiger partial charge in [-0.2, -0.15) is 10.4 Å². The number of nitrogens with zero attached hydrogens (tertiary/aromatic N) is 4. The van der Waals surface area contributed by atoms with Crippen LogP contribution in [-0.2, 0) is 0 Å². The summed E-state index contributed by atoms with van der Waals surface area (Å²) in [6.45, 7) is 0. The molecule has 4 rings (SSSR count). The van der Waals surface area contributed by atoms with E-state index in [1.807, 2.05) is 30.3 Å². The lowest BCUT2D eigenvalue weighted by Gasteiger charge is -2.13. The molecule has 0 bridgehead atoms. The van der Waals surface area contributed by atoms with Gasteiger partial charge in [-0.3, -0.25) is 15.5 Å². The number of nitro groups is 1. The number of nitro benzene ring substituents is 1. The van der Waals surface area contributed by atoms with E-state index in [2.05, 4.69) is 11.2 Å². The average Bonchev–Trinajstić information content (AvgIpc) is 2.74. The largest absolute Gasteiger partial charge is 0.397 e. The fraction of sp³-hybridized carbons (Fsp3) is 0. The van der Waals surface area contributed by atoms with E-state index < -0.39 is 4.92 Å². The average molecular weight is 382 g/mol. The normalized spacial score (nSPS) is 10.6. The van der Waals surface area contributed by atoms with Crippen molar-refractivity contribution >= 4 is 22.1 Å². The van der Waals surface area contributed by atoms with E-state index in [1.165, 1.54) is 18.3 Å². The number of hydrogen-bond acceptors (Lipinski definition) is 6. The number of benzene rings is 3. The topological polar surface area (TPSA) is 135 Å². The molecular weight excluding hydrogens is 368 g/mol. The first-order valence-corrected chi connectivity index (χ1v) is 8.61. The summed E-state index contributed by atoms with van der Waals surface area (Å²) in [6.07, 6.45) is 1.49. The number of hydrogen-bond donors (Lipinski definition) is 2. The second-order valence-corrected chi connectivity index (χ2v) is 6.31. The summed E-state index contributed by atoms with van der Waals surface area (Å²) < 4.78 is 1.15. The molecule has 8 nitrogen and oxygen atoms in total. The van der Waals surface area contributed by atoms with Gasteiger partial charge in [0.25, 0.3) is 5.69 Å². The number of aromatic nitrogens is 2. The Labute approximate surface area is 164 Å². The molecule has 0 saturated heterocycles. The smallest absolute Gasteiger partial charge is 0.294 e. The first kappa shape index (κ1) is 17.9. The molecule has 1 aromatic heterocycles. The van der Waals surface area contributed by atoms with E-state index in [9.17, 15) is 15.4 Å². The van der Waals surface area contributed by atoms with Crippen molar-refractivity contribution in [3.8, 4) is 22.9 Å². The minimum atomic E-state index is -0.532. The van der Waals surface area contributed by atoms with Crippen LogP contribution in [0.15, 0.2) is 66.9 Å². The molecular formula is C21H14N6O2. The number of nitriles is 1.